The zero-order valence-corrected chi connectivity index (χ0v) is 26.2. The van der Waals surface area contributed by atoms with E-state index in [2.05, 4.69) is 31.3 Å². The van der Waals surface area contributed by atoms with E-state index >= 15 is 0 Å². The van der Waals surface area contributed by atoms with Crippen molar-refractivity contribution in [3.05, 3.63) is 24.3 Å². The minimum atomic E-state index is -0.854. The Hall–Kier alpha value is -1.13. The molecule has 0 aromatic carbocycles. The van der Waals surface area contributed by atoms with Gasteiger partial charge in [-0.1, -0.05) is 160 Å². The maximum atomic E-state index is 12.3. The first-order valence-electron chi connectivity index (χ1n) is 17.1. The highest BCUT2D eigenvalue weighted by Crippen LogP contribution is 2.14. The Kier molecular flexibility index (Phi) is 30.5. The van der Waals surface area contributed by atoms with Crippen LogP contribution in [-0.4, -0.2) is 34.9 Å². The number of carbonyl (C=O) groups is 1. The van der Waals surface area contributed by atoms with Gasteiger partial charge in [0.2, 0.25) is 5.91 Å². The molecule has 0 aromatic rings. The monoisotopic (exact) mass is 550 g/mol. The normalized spacial score (nSPS) is 13.4. The first-order chi connectivity index (χ1) is 19.2. The SMILES string of the molecule is CCCCCCC/C=C/CC/C=C/[C@@H](O)[C@H](CO)NC(=O)CCCCCCCCCCCCCCCCCC. The molecule has 0 unspecified atom stereocenters. The summed E-state index contributed by atoms with van der Waals surface area (Å²) in [4.78, 5) is 12.3. The van der Waals surface area contributed by atoms with Crippen LogP contribution in [0.3, 0.4) is 0 Å². The number of amides is 1. The molecule has 0 aliphatic heterocycles. The van der Waals surface area contributed by atoms with Gasteiger partial charge in [0, 0.05) is 6.42 Å². The predicted molar refractivity (Wildman–Crippen MR) is 170 cm³/mol. The molecular formula is C35H67NO3. The molecule has 0 bridgehead atoms. The lowest BCUT2D eigenvalue weighted by molar-refractivity contribution is -0.123. The Bertz CT molecular complexity index is 560. The second kappa shape index (κ2) is 31.4. The van der Waals surface area contributed by atoms with Gasteiger partial charge in [-0.25, -0.2) is 0 Å². The van der Waals surface area contributed by atoms with Crippen LogP contribution in [0.5, 0.6) is 0 Å². The fourth-order valence-electron chi connectivity index (χ4n) is 5.02. The fraction of sp³-hybridized carbons (Fsp3) is 0.857. The number of aliphatic hydroxyl groups is 2. The molecule has 0 saturated carbocycles. The van der Waals surface area contributed by atoms with Crippen LogP contribution < -0.4 is 5.32 Å². The smallest absolute Gasteiger partial charge is 0.220 e. The lowest BCUT2D eigenvalue weighted by Crippen LogP contribution is -2.45. The molecule has 3 N–H and O–H groups in total. The molecule has 230 valence electrons. The molecule has 0 aromatic heterocycles. The third-order valence-electron chi connectivity index (χ3n) is 7.69. The van der Waals surface area contributed by atoms with Crippen LogP contribution in [0.4, 0.5) is 0 Å². The Morgan fingerprint density at radius 3 is 1.49 bits per heavy atom. The Balaban J connectivity index is 3.64. The number of unbranched alkanes of at least 4 members (excludes halogenated alkanes) is 21. The Labute approximate surface area is 243 Å². The average Bonchev–Trinajstić information content (AvgIpc) is 2.94. The number of allylic oxidation sites excluding steroid dienone is 3. The second-order valence-electron chi connectivity index (χ2n) is 11.6. The van der Waals surface area contributed by atoms with Gasteiger partial charge in [-0.15, -0.1) is 0 Å². The molecular weight excluding hydrogens is 482 g/mol. The van der Waals surface area contributed by atoms with E-state index in [1.807, 2.05) is 6.08 Å². The van der Waals surface area contributed by atoms with Crippen LogP contribution in [0.1, 0.15) is 174 Å². The summed E-state index contributed by atoms with van der Waals surface area (Å²) in [6.45, 7) is 4.26. The summed E-state index contributed by atoms with van der Waals surface area (Å²) < 4.78 is 0. The van der Waals surface area contributed by atoms with Crippen LogP contribution in [0, 0.1) is 0 Å². The van der Waals surface area contributed by atoms with E-state index in [1.165, 1.54) is 122 Å². The van der Waals surface area contributed by atoms with E-state index < -0.39 is 12.1 Å². The number of nitrogens with one attached hydrogen (secondary N) is 1. The third-order valence-corrected chi connectivity index (χ3v) is 7.69. The predicted octanol–water partition coefficient (Wildman–Crippen LogP) is 9.73. The summed E-state index contributed by atoms with van der Waals surface area (Å²) in [5.74, 6) is -0.0752. The first kappa shape index (κ1) is 37.9. The van der Waals surface area contributed by atoms with E-state index in [9.17, 15) is 15.0 Å². The summed E-state index contributed by atoms with van der Waals surface area (Å²) in [6, 6.07) is -0.631. The molecule has 4 heteroatoms. The highest BCUT2D eigenvalue weighted by atomic mass is 16.3. The minimum Gasteiger partial charge on any atom is -0.394 e. The van der Waals surface area contributed by atoms with Gasteiger partial charge >= 0.3 is 0 Å². The molecule has 0 spiro atoms. The zero-order chi connectivity index (χ0) is 28.7. The van der Waals surface area contributed by atoms with Gasteiger partial charge in [0.25, 0.3) is 0 Å². The zero-order valence-electron chi connectivity index (χ0n) is 26.2. The van der Waals surface area contributed by atoms with Crippen molar-refractivity contribution in [2.75, 3.05) is 6.61 Å². The van der Waals surface area contributed by atoms with Gasteiger partial charge < -0.3 is 15.5 Å². The topological polar surface area (TPSA) is 69.6 Å². The van der Waals surface area contributed by atoms with Crippen molar-refractivity contribution in [2.24, 2.45) is 0 Å². The van der Waals surface area contributed by atoms with E-state index in [0.717, 1.165) is 32.1 Å². The van der Waals surface area contributed by atoms with Gasteiger partial charge in [-0.05, 0) is 32.1 Å². The van der Waals surface area contributed by atoms with Crippen LogP contribution >= 0.6 is 0 Å². The summed E-state index contributed by atoms with van der Waals surface area (Å²) in [7, 11) is 0. The van der Waals surface area contributed by atoms with E-state index in [4.69, 9.17) is 0 Å². The van der Waals surface area contributed by atoms with Crippen molar-refractivity contribution in [1.29, 1.82) is 0 Å². The maximum absolute atomic E-state index is 12.3. The molecule has 0 aliphatic carbocycles. The van der Waals surface area contributed by atoms with Crippen LogP contribution in [0.25, 0.3) is 0 Å². The number of rotatable bonds is 30. The van der Waals surface area contributed by atoms with Gasteiger partial charge in [0.05, 0.1) is 18.8 Å². The molecule has 0 heterocycles. The summed E-state index contributed by atoms with van der Waals surface area (Å²) in [5, 5.41) is 22.8. The summed E-state index contributed by atoms with van der Waals surface area (Å²) in [5.41, 5.74) is 0. The fourth-order valence-corrected chi connectivity index (χ4v) is 5.02. The number of carbonyl (C=O) groups excluding carboxylic acids is 1. The molecule has 39 heavy (non-hydrogen) atoms. The van der Waals surface area contributed by atoms with Gasteiger partial charge in [0.1, 0.15) is 0 Å². The van der Waals surface area contributed by atoms with Gasteiger partial charge in [-0.2, -0.15) is 0 Å². The lowest BCUT2D eigenvalue weighted by Gasteiger charge is -2.19. The van der Waals surface area contributed by atoms with Crippen molar-refractivity contribution in [3.63, 3.8) is 0 Å². The summed E-state index contributed by atoms with van der Waals surface area (Å²) in [6.07, 6.45) is 38.3. The molecule has 0 fully saturated rings. The van der Waals surface area contributed by atoms with Crippen molar-refractivity contribution in [1.82, 2.24) is 5.32 Å². The van der Waals surface area contributed by atoms with E-state index in [0.29, 0.717) is 6.42 Å². The second-order valence-corrected chi connectivity index (χ2v) is 11.6. The standard InChI is InChI=1S/C35H67NO3/c1-3-5-7-9-11-13-15-16-17-18-19-21-23-25-27-29-31-35(39)36-33(32-37)34(38)30-28-26-24-22-20-14-12-10-8-6-4-2/h20,22,28,30,33-34,37-38H,3-19,21,23-27,29,31-32H2,1-2H3,(H,36,39)/b22-20+,30-28+/t33-,34+/m0/s1. The van der Waals surface area contributed by atoms with Crippen molar-refractivity contribution >= 4 is 5.91 Å². The number of aliphatic hydroxyl groups excluding tert-OH is 2. The van der Waals surface area contributed by atoms with Crippen molar-refractivity contribution < 1.29 is 15.0 Å². The lowest BCUT2D eigenvalue weighted by atomic mass is 10.0. The third kappa shape index (κ3) is 28.2. The molecule has 2 atom stereocenters. The van der Waals surface area contributed by atoms with E-state index in [-0.39, 0.29) is 12.5 Å². The molecule has 4 nitrogen and oxygen atoms in total. The summed E-state index contributed by atoms with van der Waals surface area (Å²) >= 11 is 0. The van der Waals surface area contributed by atoms with Crippen molar-refractivity contribution in [3.8, 4) is 0 Å². The average molecular weight is 550 g/mol. The molecule has 1 amide bonds. The molecule has 0 saturated heterocycles. The van der Waals surface area contributed by atoms with Crippen molar-refractivity contribution in [2.45, 2.75) is 187 Å². The number of hydrogen-bond acceptors (Lipinski definition) is 3. The quantitative estimate of drug-likeness (QED) is 0.0617. The van der Waals surface area contributed by atoms with E-state index in [1.54, 1.807) is 6.08 Å². The number of hydrogen-bond donors (Lipinski definition) is 3. The van der Waals surface area contributed by atoms with Crippen LogP contribution in [0.2, 0.25) is 0 Å². The first-order valence-corrected chi connectivity index (χ1v) is 17.1. The van der Waals surface area contributed by atoms with Crippen LogP contribution in [0.15, 0.2) is 24.3 Å². The molecule has 0 rings (SSSR count). The highest BCUT2D eigenvalue weighted by Gasteiger charge is 2.17. The van der Waals surface area contributed by atoms with Gasteiger partial charge in [0.15, 0.2) is 0 Å². The molecule has 0 radical (unpaired) electrons. The minimum absolute atomic E-state index is 0.0752. The Morgan fingerprint density at radius 1 is 0.590 bits per heavy atom. The Morgan fingerprint density at radius 2 is 1.00 bits per heavy atom. The molecule has 0 aliphatic rings. The van der Waals surface area contributed by atoms with Crippen LogP contribution in [-0.2, 0) is 4.79 Å². The largest absolute Gasteiger partial charge is 0.394 e. The highest BCUT2D eigenvalue weighted by molar-refractivity contribution is 5.76. The maximum Gasteiger partial charge on any atom is 0.220 e. The van der Waals surface area contributed by atoms with Gasteiger partial charge in [-0.3, -0.25) is 4.79 Å².